The van der Waals surface area contributed by atoms with E-state index in [1.165, 1.54) is 6.07 Å². The first kappa shape index (κ1) is 22.8. The first-order valence-electron chi connectivity index (χ1n) is 9.94. The minimum Gasteiger partial charge on any atom is -0.359 e. The van der Waals surface area contributed by atoms with Crippen LogP contribution in [0, 0.1) is 6.92 Å². The van der Waals surface area contributed by atoms with E-state index < -0.39 is 10.0 Å². The van der Waals surface area contributed by atoms with Crippen LogP contribution in [0.25, 0.3) is 11.0 Å². The average molecular weight is 487 g/mol. The maximum atomic E-state index is 12.1. The van der Waals surface area contributed by atoms with Gasteiger partial charge in [-0.1, -0.05) is 6.07 Å². The van der Waals surface area contributed by atoms with Crippen molar-refractivity contribution in [1.29, 1.82) is 0 Å². The second-order valence-electron chi connectivity index (χ2n) is 7.40. The Morgan fingerprint density at radius 1 is 1.09 bits per heavy atom. The second-order valence-corrected chi connectivity index (χ2v) is 9.46. The summed E-state index contributed by atoms with van der Waals surface area (Å²) in [6.45, 7) is 1.69. The van der Waals surface area contributed by atoms with Crippen LogP contribution in [0.15, 0.2) is 53.6 Å². The molecule has 4 rings (SSSR count). The third kappa shape index (κ3) is 4.42. The molecule has 0 aliphatic heterocycles. The topological polar surface area (TPSA) is 117 Å². The van der Waals surface area contributed by atoms with Crippen molar-refractivity contribution in [2.75, 3.05) is 29.6 Å². The number of nitrogens with zero attached hydrogens (tertiary/aromatic N) is 5. The molecule has 172 valence electrons. The summed E-state index contributed by atoms with van der Waals surface area (Å²) in [5, 5.41) is 6.13. The molecule has 33 heavy (non-hydrogen) atoms. The monoisotopic (exact) mass is 486 g/mol. The molecule has 0 unspecified atom stereocenters. The summed E-state index contributed by atoms with van der Waals surface area (Å²) >= 11 is 5.38. The highest BCUT2D eigenvalue weighted by atomic mass is 35.5. The first-order chi connectivity index (χ1) is 15.7. The van der Waals surface area contributed by atoms with Crippen molar-refractivity contribution >= 4 is 61.9 Å². The molecule has 0 fully saturated rings. The Bertz CT molecular complexity index is 1440. The summed E-state index contributed by atoms with van der Waals surface area (Å²) in [7, 11) is 1.88. The number of imidazole rings is 1. The number of anilines is 5. The molecule has 0 radical (unpaired) electrons. The van der Waals surface area contributed by atoms with Crippen LogP contribution in [0.2, 0.25) is 0 Å². The number of aromatic nitrogens is 4. The van der Waals surface area contributed by atoms with E-state index >= 15 is 0 Å². The van der Waals surface area contributed by atoms with Crippen LogP contribution in [-0.4, -0.2) is 42.0 Å². The van der Waals surface area contributed by atoms with Gasteiger partial charge in [-0.25, -0.2) is 18.4 Å². The number of rotatable bonds is 7. The van der Waals surface area contributed by atoms with Crippen LogP contribution in [0.5, 0.6) is 0 Å². The Morgan fingerprint density at radius 2 is 1.88 bits per heavy atom. The largest absolute Gasteiger partial charge is 0.359 e. The highest BCUT2D eigenvalue weighted by Crippen LogP contribution is 2.28. The van der Waals surface area contributed by atoms with Gasteiger partial charge in [0.15, 0.2) is 0 Å². The molecule has 2 heterocycles. The summed E-state index contributed by atoms with van der Waals surface area (Å²) in [4.78, 5) is 15.4. The van der Waals surface area contributed by atoms with E-state index in [-0.39, 0.29) is 4.90 Å². The van der Waals surface area contributed by atoms with Gasteiger partial charge in [-0.3, -0.25) is 0 Å². The molecule has 0 aliphatic rings. The maximum absolute atomic E-state index is 12.1. The predicted octanol–water partition coefficient (Wildman–Crippen LogP) is 3.66. The van der Waals surface area contributed by atoms with Gasteiger partial charge in [0.1, 0.15) is 5.82 Å². The molecule has 4 aromatic rings. The van der Waals surface area contributed by atoms with E-state index in [1.54, 1.807) is 31.3 Å². The number of fused-ring (bicyclic) bond motifs is 1. The van der Waals surface area contributed by atoms with Crippen molar-refractivity contribution in [3.8, 4) is 0 Å². The lowest BCUT2D eigenvalue weighted by atomic mass is 10.2. The van der Waals surface area contributed by atoms with Gasteiger partial charge in [0.25, 0.3) is 10.0 Å². The van der Waals surface area contributed by atoms with Gasteiger partial charge in [0, 0.05) is 38.7 Å². The standard InChI is InChI=1S/C21H23ClN8O2S/c1-13-5-6-14(11-18(13)33(31,32)28-22)25-20-24-10-9-19(27-20)29(3)15-7-8-17-16(12-15)26-21(23-2)30(17)4/h5-12,28H,1-4H3,(H,23,26)(H,24,25,27). The number of nitrogens with one attached hydrogen (secondary N) is 3. The van der Waals surface area contributed by atoms with Crippen LogP contribution in [0.4, 0.5) is 29.1 Å². The van der Waals surface area contributed by atoms with Crippen molar-refractivity contribution in [3.63, 3.8) is 0 Å². The van der Waals surface area contributed by atoms with E-state index in [0.29, 0.717) is 23.0 Å². The summed E-state index contributed by atoms with van der Waals surface area (Å²) < 4.78 is 28.1. The zero-order chi connectivity index (χ0) is 23.8. The molecule has 0 amide bonds. The van der Waals surface area contributed by atoms with E-state index in [2.05, 4.69) is 25.6 Å². The van der Waals surface area contributed by atoms with Crippen LogP contribution in [-0.2, 0) is 17.1 Å². The van der Waals surface area contributed by atoms with Gasteiger partial charge in [0.05, 0.1) is 15.9 Å². The van der Waals surface area contributed by atoms with Crippen molar-refractivity contribution in [2.24, 2.45) is 7.05 Å². The number of benzene rings is 2. The average Bonchev–Trinajstić information content (AvgIpc) is 3.14. The summed E-state index contributed by atoms with van der Waals surface area (Å²) in [5.41, 5.74) is 3.86. The van der Waals surface area contributed by atoms with Crippen molar-refractivity contribution in [3.05, 3.63) is 54.2 Å². The van der Waals surface area contributed by atoms with Crippen molar-refractivity contribution in [2.45, 2.75) is 11.8 Å². The van der Waals surface area contributed by atoms with E-state index in [0.717, 1.165) is 22.7 Å². The molecule has 2 aromatic heterocycles. The molecule has 0 bridgehead atoms. The van der Waals surface area contributed by atoms with Crippen LogP contribution in [0.3, 0.4) is 0 Å². The van der Waals surface area contributed by atoms with Gasteiger partial charge in [-0.05, 0) is 60.7 Å². The van der Waals surface area contributed by atoms with Crippen molar-refractivity contribution in [1.82, 2.24) is 23.8 Å². The minimum absolute atomic E-state index is 0.0698. The third-order valence-electron chi connectivity index (χ3n) is 5.30. The fraction of sp³-hybridized carbons (Fsp3) is 0.190. The fourth-order valence-electron chi connectivity index (χ4n) is 3.49. The molecule has 0 atom stereocenters. The number of aryl methyl sites for hydroxylation is 2. The van der Waals surface area contributed by atoms with Gasteiger partial charge >= 0.3 is 0 Å². The Hall–Kier alpha value is -3.41. The van der Waals surface area contributed by atoms with Crippen LogP contribution < -0.4 is 19.8 Å². The number of sulfonamides is 1. The molecule has 3 N–H and O–H groups in total. The maximum Gasteiger partial charge on any atom is 0.254 e. The quantitative estimate of drug-likeness (QED) is 0.339. The van der Waals surface area contributed by atoms with E-state index in [4.69, 9.17) is 11.8 Å². The Labute approximate surface area is 196 Å². The lowest BCUT2D eigenvalue weighted by molar-refractivity contribution is 0.593. The Morgan fingerprint density at radius 3 is 2.61 bits per heavy atom. The number of hydrogen-bond donors (Lipinski definition) is 3. The smallest absolute Gasteiger partial charge is 0.254 e. The normalized spacial score (nSPS) is 11.5. The highest BCUT2D eigenvalue weighted by molar-refractivity contribution is 7.90. The van der Waals surface area contributed by atoms with Crippen LogP contribution >= 0.6 is 11.8 Å². The molecular weight excluding hydrogens is 464 g/mol. The highest BCUT2D eigenvalue weighted by Gasteiger charge is 2.17. The molecule has 2 aromatic carbocycles. The zero-order valence-electron chi connectivity index (χ0n) is 18.5. The molecule has 0 spiro atoms. The summed E-state index contributed by atoms with van der Waals surface area (Å²) in [5.74, 6) is 1.75. The lowest BCUT2D eigenvalue weighted by Crippen LogP contribution is -2.15. The molecule has 0 aliphatic carbocycles. The van der Waals surface area contributed by atoms with Crippen molar-refractivity contribution < 1.29 is 8.42 Å². The summed E-state index contributed by atoms with van der Waals surface area (Å²) in [6, 6.07) is 12.7. The molecule has 0 saturated carbocycles. The fourth-order valence-corrected chi connectivity index (χ4v) is 4.59. The van der Waals surface area contributed by atoms with E-state index in [1.807, 2.05) is 53.1 Å². The first-order valence-corrected chi connectivity index (χ1v) is 11.8. The minimum atomic E-state index is -3.81. The van der Waals surface area contributed by atoms with Crippen LogP contribution in [0.1, 0.15) is 5.56 Å². The van der Waals surface area contributed by atoms with Gasteiger partial charge in [-0.15, -0.1) is 4.24 Å². The van der Waals surface area contributed by atoms with E-state index in [9.17, 15) is 8.42 Å². The number of hydrogen-bond acceptors (Lipinski definition) is 8. The lowest BCUT2D eigenvalue weighted by Gasteiger charge is -2.19. The van der Waals surface area contributed by atoms with Gasteiger partial charge in [0.2, 0.25) is 11.9 Å². The third-order valence-corrected chi connectivity index (χ3v) is 7.13. The Balaban J connectivity index is 1.62. The second kappa shape index (κ2) is 8.85. The molecule has 10 nitrogen and oxygen atoms in total. The predicted molar refractivity (Wildman–Crippen MR) is 131 cm³/mol. The molecular formula is C21H23ClN8O2S. The van der Waals surface area contributed by atoms with Gasteiger partial charge < -0.3 is 20.1 Å². The SMILES string of the molecule is CNc1nc2cc(N(C)c3ccnc(Nc4ccc(C)c(S(=O)(=O)NCl)c4)n3)ccc2n1C. The zero-order valence-corrected chi connectivity index (χ0v) is 20.0. The molecule has 0 saturated heterocycles. The number of halogens is 1. The van der Waals surface area contributed by atoms with Gasteiger partial charge in [-0.2, -0.15) is 4.98 Å². The summed E-state index contributed by atoms with van der Waals surface area (Å²) in [6.07, 6.45) is 1.63. The Kier molecular flexibility index (Phi) is 6.11. The molecule has 12 heteroatoms.